The van der Waals surface area contributed by atoms with E-state index >= 15 is 0 Å². The molecule has 3 aromatic rings. The van der Waals surface area contributed by atoms with Crippen molar-refractivity contribution in [1.82, 2.24) is 15.3 Å². The second-order valence-corrected chi connectivity index (χ2v) is 6.13. The molecule has 1 amide bonds. The van der Waals surface area contributed by atoms with Crippen molar-refractivity contribution in [2.45, 2.75) is 25.3 Å². The number of hydrogen-bond donors (Lipinski definition) is 2. The third kappa shape index (κ3) is 3.10. The summed E-state index contributed by atoms with van der Waals surface area (Å²) in [6, 6.07) is 11.7. The van der Waals surface area contributed by atoms with E-state index in [4.69, 9.17) is 10.2 Å². The number of benzene rings is 1. The predicted molar refractivity (Wildman–Crippen MR) is 93.7 cm³/mol. The molecule has 0 saturated carbocycles. The highest BCUT2D eigenvalue weighted by atomic mass is 16.3. The Morgan fingerprint density at radius 3 is 2.96 bits per heavy atom. The van der Waals surface area contributed by atoms with Crippen LogP contribution in [-0.4, -0.2) is 15.9 Å². The van der Waals surface area contributed by atoms with Crippen molar-refractivity contribution in [1.29, 1.82) is 0 Å². The first-order valence-electron chi connectivity index (χ1n) is 8.27. The number of fused-ring (bicyclic) bond motifs is 1. The van der Waals surface area contributed by atoms with Gasteiger partial charge in [-0.3, -0.25) is 4.79 Å². The third-order valence-electron chi connectivity index (χ3n) is 4.44. The number of nitrogens with zero attached hydrogens (tertiary/aromatic N) is 2. The first kappa shape index (κ1) is 15.4. The average Bonchev–Trinajstić information content (AvgIpc) is 3.13. The van der Waals surface area contributed by atoms with Crippen LogP contribution in [0.2, 0.25) is 0 Å². The second-order valence-electron chi connectivity index (χ2n) is 6.13. The number of amides is 1. The van der Waals surface area contributed by atoms with Crippen LogP contribution in [0.3, 0.4) is 0 Å². The summed E-state index contributed by atoms with van der Waals surface area (Å²) in [7, 11) is 0. The molecule has 1 atom stereocenters. The maximum Gasteiger partial charge on any atom is 0.273 e. The van der Waals surface area contributed by atoms with Gasteiger partial charge in [0.1, 0.15) is 12.1 Å². The van der Waals surface area contributed by atoms with Gasteiger partial charge in [-0.1, -0.05) is 24.3 Å². The van der Waals surface area contributed by atoms with E-state index < -0.39 is 0 Å². The molecule has 1 unspecified atom stereocenters. The smallest absolute Gasteiger partial charge is 0.273 e. The first-order chi connectivity index (χ1) is 12.2. The summed E-state index contributed by atoms with van der Waals surface area (Å²) in [4.78, 5) is 20.8. The van der Waals surface area contributed by atoms with E-state index in [9.17, 15) is 4.79 Å². The molecular formula is C19H18N4O2. The van der Waals surface area contributed by atoms with Crippen molar-refractivity contribution in [2.75, 3.05) is 5.73 Å². The molecule has 25 heavy (non-hydrogen) atoms. The van der Waals surface area contributed by atoms with E-state index in [-0.39, 0.29) is 17.6 Å². The van der Waals surface area contributed by atoms with E-state index in [1.165, 1.54) is 17.4 Å². The standard InChI is InChI=1S/C19H18N4O2/c20-17-9-8-13(10-21-17)19-23-16(11-25-19)18(24)22-15-7-3-5-12-4-1-2-6-14(12)15/h1-2,4,6,8-11,15H,3,5,7H2,(H2,20,21)(H,22,24). The topological polar surface area (TPSA) is 94.0 Å². The molecule has 2 aromatic heterocycles. The number of anilines is 1. The van der Waals surface area contributed by atoms with Crippen molar-refractivity contribution >= 4 is 11.7 Å². The second kappa shape index (κ2) is 6.39. The molecule has 1 aromatic carbocycles. The fourth-order valence-corrected chi connectivity index (χ4v) is 3.18. The van der Waals surface area contributed by atoms with Crippen LogP contribution in [-0.2, 0) is 6.42 Å². The van der Waals surface area contributed by atoms with Crippen LogP contribution in [0.4, 0.5) is 5.82 Å². The fraction of sp³-hybridized carbons (Fsp3) is 0.211. The fourth-order valence-electron chi connectivity index (χ4n) is 3.18. The maximum atomic E-state index is 12.6. The molecule has 1 aliphatic carbocycles. The van der Waals surface area contributed by atoms with Crippen LogP contribution < -0.4 is 11.1 Å². The van der Waals surface area contributed by atoms with Crippen LogP contribution in [0.1, 0.15) is 40.5 Å². The monoisotopic (exact) mass is 334 g/mol. The van der Waals surface area contributed by atoms with Crippen molar-refractivity contribution in [3.63, 3.8) is 0 Å². The lowest BCUT2D eigenvalue weighted by Crippen LogP contribution is -2.31. The predicted octanol–water partition coefficient (Wildman–Crippen LogP) is 3.13. The molecule has 0 fully saturated rings. The molecule has 0 radical (unpaired) electrons. The quantitative estimate of drug-likeness (QED) is 0.767. The van der Waals surface area contributed by atoms with Gasteiger partial charge in [-0.05, 0) is 42.5 Å². The van der Waals surface area contributed by atoms with E-state index in [1.807, 2.05) is 12.1 Å². The van der Waals surface area contributed by atoms with Gasteiger partial charge in [0.2, 0.25) is 5.89 Å². The molecule has 0 saturated heterocycles. The lowest BCUT2D eigenvalue weighted by Gasteiger charge is -2.25. The normalized spacial score (nSPS) is 16.2. The Balaban J connectivity index is 1.52. The third-order valence-corrected chi connectivity index (χ3v) is 4.44. The average molecular weight is 334 g/mol. The van der Waals surface area contributed by atoms with Gasteiger partial charge in [-0.15, -0.1) is 0 Å². The van der Waals surface area contributed by atoms with Crippen molar-refractivity contribution < 1.29 is 9.21 Å². The first-order valence-corrected chi connectivity index (χ1v) is 8.27. The molecule has 1 aliphatic rings. The Kier molecular flexibility index (Phi) is 3.93. The molecular weight excluding hydrogens is 316 g/mol. The Bertz CT molecular complexity index is 902. The van der Waals surface area contributed by atoms with Gasteiger partial charge < -0.3 is 15.5 Å². The van der Waals surface area contributed by atoms with Crippen molar-refractivity contribution in [3.8, 4) is 11.5 Å². The Hall–Kier alpha value is -3.15. The number of pyridine rings is 1. The van der Waals surface area contributed by atoms with Crippen LogP contribution in [0, 0.1) is 0 Å². The van der Waals surface area contributed by atoms with E-state index in [2.05, 4.69) is 27.4 Å². The molecule has 6 nitrogen and oxygen atoms in total. The summed E-state index contributed by atoms with van der Waals surface area (Å²) in [6.45, 7) is 0. The highest BCUT2D eigenvalue weighted by molar-refractivity contribution is 5.92. The number of hydrogen-bond acceptors (Lipinski definition) is 5. The number of carbonyl (C=O) groups is 1. The molecule has 0 spiro atoms. The maximum absolute atomic E-state index is 12.6. The van der Waals surface area contributed by atoms with Gasteiger partial charge in [0.05, 0.1) is 11.6 Å². The highest BCUT2D eigenvalue weighted by Gasteiger charge is 2.23. The summed E-state index contributed by atoms with van der Waals surface area (Å²) in [5.41, 5.74) is 9.00. The lowest BCUT2D eigenvalue weighted by atomic mass is 9.88. The molecule has 4 rings (SSSR count). The van der Waals surface area contributed by atoms with E-state index in [0.29, 0.717) is 17.3 Å². The lowest BCUT2D eigenvalue weighted by molar-refractivity contribution is 0.0927. The minimum absolute atomic E-state index is 0.00999. The molecule has 0 aliphatic heterocycles. The number of aryl methyl sites for hydroxylation is 1. The number of nitrogens with one attached hydrogen (secondary N) is 1. The zero-order valence-corrected chi connectivity index (χ0v) is 13.6. The van der Waals surface area contributed by atoms with Gasteiger partial charge >= 0.3 is 0 Å². The van der Waals surface area contributed by atoms with Gasteiger partial charge in [-0.2, -0.15) is 0 Å². The molecule has 0 bridgehead atoms. The minimum atomic E-state index is -0.236. The Morgan fingerprint density at radius 1 is 1.24 bits per heavy atom. The molecule has 126 valence electrons. The van der Waals surface area contributed by atoms with Crippen molar-refractivity contribution in [3.05, 3.63) is 65.7 Å². The Labute approximate surface area is 145 Å². The zero-order valence-electron chi connectivity index (χ0n) is 13.6. The van der Waals surface area contributed by atoms with Crippen LogP contribution >= 0.6 is 0 Å². The van der Waals surface area contributed by atoms with Gasteiger partial charge in [-0.25, -0.2) is 9.97 Å². The summed E-state index contributed by atoms with van der Waals surface area (Å²) < 4.78 is 5.42. The van der Waals surface area contributed by atoms with E-state index in [1.54, 1.807) is 18.3 Å². The molecule has 2 heterocycles. The minimum Gasteiger partial charge on any atom is -0.444 e. The van der Waals surface area contributed by atoms with Gasteiger partial charge in [0.25, 0.3) is 5.91 Å². The number of aromatic nitrogens is 2. The summed E-state index contributed by atoms with van der Waals surface area (Å²) in [5.74, 6) is 0.533. The van der Waals surface area contributed by atoms with Crippen LogP contribution in [0.5, 0.6) is 0 Å². The SMILES string of the molecule is Nc1ccc(-c2nc(C(=O)NC3CCCc4ccccc43)co2)cn1. The number of rotatable bonds is 3. The molecule has 6 heteroatoms. The summed E-state index contributed by atoms with van der Waals surface area (Å²) in [5, 5.41) is 3.07. The molecule has 3 N–H and O–H groups in total. The van der Waals surface area contributed by atoms with Crippen LogP contribution in [0.15, 0.2) is 53.3 Å². The highest BCUT2D eigenvalue weighted by Crippen LogP contribution is 2.29. The Morgan fingerprint density at radius 2 is 2.12 bits per heavy atom. The van der Waals surface area contributed by atoms with Gasteiger partial charge in [0, 0.05) is 6.20 Å². The number of nitrogens with two attached hydrogens (primary N) is 1. The van der Waals surface area contributed by atoms with Gasteiger partial charge in [0.15, 0.2) is 5.69 Å². The van der Waals surface area contributed by atoms with Crippen LogP contribution in [0.25, 0.3) is 11.5 Å². The van der Waals surface area contributed by atoms with E-state index in [0.717, 1.165) is 19.3 Å². The summed E-state index contributed by atoms with van der Waals surface area (Å²) in [6.07, 6.45) is 5.98. The zero-order chi connectivity index (χ0) is 17.2. The largest absolute Gasteiger partial charge is 0.444 e. The van der Waals surface area contributed by atoms with Crippen molar-refractivity contribution in [2.24, 2.45) is 0 Å². The number of nitrogen functional groups attached to an aromatic ring is 1. The number of oxazole rings is 1. The number of carbonyl (C=O) groups excluding carboxylic acids is 1. The summed E-state index contributed by atoms with van der Waals surface area (Å²) >= 11 is 0.